The fourth-order valence-electron chi connectivity index (χ4n) is 8.92. The van der Waals surface area contributed by atoms with Crippen LogP contribution in [-0.4, -0.2) is 85.6 Å². The second-order valence-electron chi connectivity index (χ2n) is 19.1. The van der Waals surface area contributed by atoms with Crippen molar-refractivity contribution in [3.63, 3.8) is 0 Å². The van der Waals surface area contributed by atoms with Gasteiger partial charge in [0, 0.05) is 17.7 Å². The van der Waals surface area contributed by atoms with E-state index in [2.05, 4.69) is 36.1 Å². The van der Waals surface area contributed by atoms with Gasteiger partial charge in [0.15, 0.2) is 0 Å². The van der Waals surface area contributed by atoms with Crippen LogP contribution >= 0.6 is 24.2 Å². The number of unbranched alkanes of at least 4 members (excludes halogenated alkanes) is 6. The fraction of sp³-hybridized carbons (Fsp3) is 0.400. The lowest BCUT2D eigenvalue weighted by molar-refractivity contribution is -0.141. The van der Waals surface area contributed by atoms with Crippen LogP contribution in [0, 0.1) is 11.8 Å². The predicted molar refractivity (Wildman–Crippen MR) is 302 cm³/mol. The number of rotatable bonds is 29. The summed E-state index contributed by atoms with van der Waals surface area (Å²) < 4.78 is 47.3. The lowest BCUT2D eigenvalue weighted by atomic mass is 9.87. The van der Waals surface area contributed by atoms with E-state index in [0.29, 0.717) is 111 Å². The first-order chi connectivity index (χ1) is 38.4. The molecule has 0 saturated heterocycles. The van der Waals surface area contributed by atoms with Crippen molar-refractivity contribution in [3.05, 3.63) is 133 Å². The van der Waals surface area contributed by atoms with Crippen LogP contribution in [-0.2, 0) is 38.1 Å². The van der Waals surface area contributed by atoms with Gasteiger partial charge in [0.1, 0.15) is 35.2 Å². The summed E-state index contributed by atoms with van der Waals surface area (Å²) in [5, 5.41) is 4.99. The number of esters is 6. The first-order valence-corrected chi connectivity index (χ1v) is 28.1. The molecule has 79 heavy (non-hydrogen) atoms. The zero-order chi connectivity index (χ0) is 55.8. The van der Waals surface area contributed by atoms with Gasteiger partial charge in [0.05, 0.1) is 65.8 Å². The molecule has 17 nitrogen and oxygen atoms in total. The van der Waals surface area contributed by atoms with E-state index < -0.39 is 41.9 Å². The SMILES string of the molecule is C=CC(=O)OCCCCCCOc1ccc(OC(=O)C2CCC(OC(=O)c3ccc(OC(=O)C4CCC(OC(=O)c5ccc(OCCCCCCOC(=O)C=C)cc5)CC4)cc3/C=N/N(S)c3nc4ccccc4s3)CC2)cc1. The molecule has 0 bridgehead atoms. The number of fused-ring (bicyclic) bond motifs is 1. The highest BCUT2D eigenvalue weighted by Gasteiger charge is 2.32. The number of thiol groups is 1. The molecule has 0 unspecified atom stereocenters. The van der Waals surface area contributed by atoms with Gasteiger partial charge in [-0.15, -0.1) is 0 Å². The van der Waals surface area contributed by atoms with E-state index in [-0.39, 0.29) is 29.3 Å². The van der Waals surface area contributed by atoms with Gasteiger partial charge in [-0.3, -0.25) is 9.59 Å². The first kappa shape index (κ1) is 59.2. The summed E-state index contributed by atoms with van der Waals surface area (Å²) in [4.78, 5) is 80.6. The molecule has 7 rings (SSSR count). The highest BCUT2D eigenvalue weighted by molar-refractivity contribution is 7.82. The lowest BCUT2D eigenvalue weighted by Crippen LogP contribution is -2.30. The number of thiazole rings is 1. The van der Waals surface area contributed by atoms with Crippen LogP contribution in [0.25, 0.3) is 10.2 Å². The third-order valence-electron chi connectivity index (χ3n) is 13.4. The molecule has 2 fully saturated rings. The van der Waals surface area contributed by atoms with Crippen molar-refractivity contribution in [3.8, 4) is 23.0 Å². The molecule has 418 valence electrons. The number of ether oxygens (including phenoxy) is 8. The van der Waals surface area contributed by atoms with E-state index in [1.807, 2.05) is 24.3 Å². The number of anilines is 1. The Morgan fingerprint density at radius 2 is 1.06 bits per heavy atom. The number of nitrogens with zero attached hydrogens (tertiary/aromatic N) is 3. The number of aromatic nitrogens is 1. The monoisotopic (exact) mass is 1120 g/mol. The number of benzene rings is 4. The summed E-state index contributed by atoms with van der Waals surface area (Å²) in [6.07, 6.45) is 13.5. The molecular weight excluding hydrogens is 1050 g/mol. The zero-order valence-electron chi connectivity index (χ0n) is 44.2. The lowest BCUT2D eigenvalue weighted by Gasteiger charge is -2.27. The Labute approximate surface area is 469 Å². The maximum atomic E-state index is 13.9. The van der Waals surface area contributed by atoms with Crippen molar-refractivity contribution in [1.29, 1.82) is 0 Å². The fourth-order valence-corrected chi connectivity index (χ4v) is 9.98. The second kappa shape index (κ2) is 31.2. The molecule has 2 aliphatic carbocycles. The van der Waals surface area contributed by atoms with E-state index in [9.17, 15) is 28.8 Å². The predicted octanol–water partition coefficient (Wildman–Crippen LogP) is 12.0. The number of para-hydroxylation sites is 1. The molecule has 1 aromatic heterocycles. The van der Waals surface area contributed by atoms with Crippen molar-refractivity contribution in [2.45, 2.75) is 115 Å². The number of hydrogen-bond acceptors (Lipinski definition) is 19. The van der Waals surface area contributed by atoms with Gasteiger partial charge < -0.3 is 37.9 Å². The maximum absolute atomic E-state index is 13.9. The average Bonchev–Trinajstić information content (AvgIpc) is 3.92. The molecule has 2 aliphatic rings. The highest BCUT2D eigenvalue weighted by Crippen LogP contribution is 2.33. The molecular formula is C60H67N3O14S2. The minimum atomic E-state index is -0.604. The molecule has 5 aromatic rings. The summed E-state index contributed by atoms with van der Waals surface area (Å²) in [5.41, 5.74) is 1.69. The first-order valence-electron chi connectivity index (χ1n) is 26.9. The van der Waals surface area contributed by atoms with Crippen molar-refractivity contribution in [2.75, 3.05) is 30.8 Å². The molecule has 19 heteroatoms. The van der Waals surface area contributed by atoms with Crippen LogP contribution in [0.1, 0.15) is 129 Å². The van der Waals surface area contributed by atoms with Crippen LogP contribution in [0.2, 0.25) is 0 Å². The van der Waals surface area contributed by atoms with Crippen molar-refractivity contribution >= 4 is 81.5 Å². The number of hydrogen-bond donors (Lipinski definition) is 1. The Morgan fingerprint density at radius 3 is 1.61 bits per heavy atom. The average molecular weight is 1120 g/mol. The third-order valence-corrected chi connectivity index (χ3v) is 14.8. The second-order valence-corrected chi connectivity index (χ2v) is 20.5. The Hall–Kier alpha value is -7.51. The number of carbonyl (C=O) groups is 6. The van der Waals surface area contributed by atoms with Gasteiger partial charge in [-0.25, -0.2) is 24.2 Å². The van der Waals surface area contributed by atoms with Gasteiger partial charge in [0.2, 0.25) is 5.13 Å². The van der Waals surface area contributed by atoms with Crippen LogP contribution < -0.4 is 23.4 Å². The molecule has 0 spiro atoms. The quantitative estimate of drug-likeness (QED) is 0.00691. The van der Waals surface area contributed by atoms with E-state index >= 15 is 0 Å². The largest absolute Gasteiger partial charge is 0.494 e. The van der Waals surface area contributed by atoms with Gasteiger partial charge in [-0.05, 0) is 194 Å². The minimum absolute atomic E-state index is 0.186. The normalized spacial score (nSPS) is 17.0. The molecule has 0 radical (unpaired) electrons. The van der Waals surface area contributed by atoms with Gasteiger partial charge in [-0.2, -0.15) is 9.52 Å². The van der Waals surface area contributed by atoms with E-state index in [4.69, 9.17) is 37.9 Å². The van der Waals surface area contributed by atoms with Crippen LogP contribution in [0.3, 0.4) is 0 Å². The van der Waals surface area contributed by atoms with Gasteiger partial charge >= 0.3 is 35.8 Å². The van der Waals surface area contributed by atoms with Gasteiger partial charge in [0.25, 0.3) is 0 Å². The van der Waals surface area contributed by atoms with Crippen LogP contribution in [0.5, 0.6) is 23.0 Å². The summed E-state index contributed by atoms with van der Waals surface area (Å²) in [5.74, 6) is -1.58. The third kappa shape index (κ3) is 19.1. The van der Waals surface area contributed by atoms with Crippen molar-refractivity contribution in [2.24, 2.45) is 16.9 Å². The van der Waals surface area contributed by atoms with Crippen LogP contribution in [0.4, 0.5) is 5.13 Å². The number of carbonyl (C=O) groups excluding carboxylic acids is 6. The molecule has 0 N–H and O–H groups in total. The van der Waals surface area contributed by atoms with Crippen molar-refractivity contribution in [1.82, 2.24) is 4.98 Å². The van der Waals surface area contributed by atoms with Crippen molar-refractivity contribution < 1.29 is 66.7 Å². The van der Waals surface area contributed by atoms with E-state index in [1.165, 1.54) is 28.0 Å². The Morgan fingerprint density at radius 1 is 0.582 bits per heavy atom. The minimum Gasteiger partial charge on any atom is -0.494 e. The Balaban J connectivity index is 0.865. The topological polar surface area (TPSA) is 205 Å². The van der Waals surface area contributed by atoms with E-state index in [0.717, 1.165) is 73.7 Å². The smallest absolute Gasteiger partial charge is 0.339 e. The standard InChI is InChI=1S/C60H67N3O14S2/c1-3-54(64)72-37-13-7-5-11-35-70-45-23-17-41(18-24-45)56(66)74-47-25-19-43(20-26-47)58(68)77-50-33-34-51(44(39-50)40-61-63(78)60-62-52-15-9-10-16-53(52)79-60)59(69)76-48-27-21-42(22-28-48)57(67)75-49-31-29-46(30-32-49)71-36-12-6-8-14-38-73-55(65)4-2/h3-4,9-10,15-18,23-24,29-34,39-40,42-43,47-48,78H,1-2,5-8,11-14,19-22,25-28,35-38H2/b61-40+. The molecule has 1 heterocycles. The van der Waals surface area contributed by atoms with Crippen LogP contribution in [0.15, 0.2) is 121 Å². The highest BCUT2D eigenvalue weighted by atomic mass is 32.1. The summed E-state index contributed by atoms with van der Waals surface area (Å²) in [7, 11) is 0. The summed E-state index contributed by atoms with van der Waals surface area (Å²) >= 11 is 5.95. The Bertz CT molecular complexity index is 2840. The summed E-state index contributed by atoms with van der Waals surface area (Å²) in [6, 6.07) is 26.0. The molecule has 0 amide bonds. The molecule has 0 aliphatic heterocycles. The molecule has 4 aromatic carbocycles. The van der Waals surface area contributed by atoms with Gasteiger partial charge in [-0.1, -0.05) is 36.6 Å². The molecule has 2 saturated carbocycles. The van der Waals surface area contributed by atoms with E-state index in [1.54, 1.807) is 60.7 Å². The number of hydrazone groups is 1. The summed E-state index contributed by atoms with van der Waals surface area (Å²) in [6.45, 7) is 8.55. The Kier molecular flexibility index (Phi) is 23.3. The zero-order valence-corrected chi connectivity index (χ0v) is 45.9. The maximum Gasteiger partial charge on any atom is 0.339 e. The molecule has 0 atom stereocenters.